The second kappa shape index (κ2) is 5.49. The maximum atomic E-state index is 9.02. The first kappa shape index (κ1) is 12.5. The van der Waals surface area contributed by atoms with Gasteiger partial charge in [0.15, 0.2) is 0 Å². The highest BCUT2D eigenvalue weighted by atomic mass is 35.5. The molecule has 0 aliphatic carbocycles. The van der Waals surface area contributed by atoms with Gasteiger partial charge >= 0.3 is 0 Å². The van der Waals surface area contributed by atoms with Crippen LogP contribution >= 0.6 is 11.6 Å². The standard InChI is InChI=1S/C10H17ClN2O2/c1-3-13-9(4-8(5-14)6-15)10(11)7(2)12-13/h8,14-15H,3-6H2,1-2H3. The summed E-state index contributed by atoms with van der Waals surface area (Å²) >= 11 is 6.10. The van der Waals surface area contributed by atoms with E-state index in [0.717, 1.165) is 17.9 Å². The molecule has 15 heavy (non-hydrogen) atoms. The van der Waals surface area contributed by atoms with Gasteiger partial charge in [-0.3, -0.25) is 4.68 Å². The third-order valence-electron chi connectivity index (χ3n) is 2.45. The summed E-state index contributed by atoms with van der Waals surface area (Å²) in [6.45, 7) is 4.50. The topological polar surface area (TPSA) is 58.3 Å². The van der Waals surface area contributed by atoms with Crippen molar-refractivity contribution < 1.29 is 10.2 Å². The van der Waals surface area contributed by atoms with Gasteiger partial charge in [0.2, 0.25) is 0 Å². The van der Waals surface area contributed by atoms with Crippen molar-refractivity contribution in [2.45, 2.75) is 26.8 Å². The molecule has 0 aromatic carbocycles. The maximum Gasteiger partial charge on any atom is 0.0847 e. The zero-order valence-electron chi connectivity index (χ0n) is 9.07. The summed E-state index contributed by atoms with van der Waals surface area (Å²) in [5.74, 6) is -0.163. The smallest absolute Gasteiger partial charge is 0.0847 e. The van der Waals surface area contributed by atoms with E-state index in [1.54, 1.807) is 0 Å². The zero-order chi connectivity index (χ0) is 11.4. The molecule has 0 radical (unpaired) electrons. The van der Waals surface area contributed by atoms with E-state index in [4.69, 9.17) is 21.8 Å². The van der Waals surface area contributed by atoms with E-state index in [9.17, 15) is 0 Å². The second-order valence-corrected chi connectivity index (χ2v) is 3.98. The number of hydrogen-bond acceptors (Lipinski definition) is 3. The first-order chi connectivity index (χ1) is 7.13. The lowest BCUT2D eigenvalue weighted by atomic mass is 10.1. The molecule has 0 unspecified atom stereocenters. The van der Waals surface area contributed by atoms with Crippen molar-refractivity contribution in [3.63, 3.8) is 0 Å². The molecule has 0 saturated carbocycles. The number of halogens is 1. The molecule has 0 aliphatic rings. The minimum absolute atomic E-state index is 0.0409. The Morgan fingerprint density at radius 1 is 1.40 bits per heavy atom. The Bertz CT molecular complexity index is 321. The summed E-state index contributed by atoms with van der Waals surface area (Å²) in [6.07, 6.45) is 0.556. The molecule has 0 amide bonds. The molecule has 86 valence electrons. The van der Waals surface area contributed by atoms with Crippen molar-refractivity contribution >= 4 is 11.6 Å². The van der Waals surface area contributed by atoms with E-state index < -0.39 is 0 Å². The van der Waals surface area contributed by atoms with Gasteiger partial charge in [-0.2, -0.15) is 5.10 Å². The summed E-state index contributed by atoms with van der Waals surface area (Å²) in [6, 6.07) is 0. The van der Waals surface area contributed by atoms with Crippen molar-refractivity contribution in [1.29, 1.82) is 0 Å². The molecular weight excluding hydrogens is 216 g/mol. The number of aliphatic hydroxyl groups is 2. The third kappa shape index (κ3) is 2.71. The molecule has 0 fully saturated rings. The number of aryl methyl sites for hydroxylation is 2. The molecule has 1 rings (SSSR count). The molecule has 1 aromatic rings. The highest BCUT2D eigenvalue weighted by Crippen LogP contribution is 2.22. The molecule has 0 spiro atoms. The SMILES string of the molecule is CCn1nc(C)c(Cl)c1CC(CO)CO. The van der Waals surface area contributed by atoms with Crippen LogP contribution in [0.3, 0.4) is 0 Å². The maximum absolute atomic E-state index is 9.02. The van der Waals surface area contributed by atoms with Gasteiger partial charge in [0.1, 0.15) is 0 Å². The highest BCUT2D eigenvalue weighted by molar-refractivity contribution is 6.31. The molecule has 0 atom stereocenters. The summed E-state index contributed by atoms with van der Waals surface area (Å²) in [7, 11) is 0. The third-order valence-corrected chi connectivity index (χ3v) is 2.94. The van der Waals surface area contributed by atoms with Gasteiger partial charge < -0.3 is 10.2 Å². The monoisotopic (exact) mass is 232 g/mol. The Morgan fingerprint density at radius 3 is 2.47 bits per heavy atom. The quantitative estimate of drug-likeness (QED) is 0.797. The van der Waals surface area contributed by atoms with Crippen LogP contribution < -0.4 is 0 Å². The first-order valence-electron chi connectivity index (χ1n) is 5.07. The van der Waals surface area contributed by atoms with Crippen molar-refractivity contribution in [1.82, 2.24) is 9.78 Å². The summed E-state index contributed by atoms with van der Waals surface area (Å²) in [5, 5.41) is 22.9. The molecule has 5 heteroatoms. The fourth-order valence-corrected chi connectivity index (χ4v) is 1.74. The Morgan fingerprint density at radius 2 is 2.00 bits per heavy atom. The lowest BCUT2D eigenvalue weighted by Gasteiger charge is -2.12. The summed E-state index contributed by atoms with van der Waals surface area (Å²) < 4.78 is 1.82. The van der Waals surface area contributed by atoms with E-state index in [-0.39, 0.29) is 19.1 Å². The van der Waals surface area contributed by atoms with Crippen LogP contribution in [0.1, 0.15) is 18.3 Å². The Kier molecular flexibility index (Phi) is 4.57. The first-order valence-corrected chi connectivity index (χ1v) is 5.45. The minimum atomic E-state index is -0.163. The molecule has 2 N–H and O–H groups in total. The van der Waals surface area contributed by atoms with Crippen LogP contribution in [0.5, 0.6) is 0 Å². The number of hydrogen-bond donors (Lipinski definition) is 2. The number of aliphatic hydroxyl groups excluding tert-OH is 2. The fraction of sp³-hybridized carbons (Fsp3) is 0.700. The molecule has 0 saturated heterocycles. The van der Waals surface area contributed by atoms with Crippen molar-refractivity contribution in [2.24, 2.45) is 5.92 Å². The van der Waals surface area contributed by atoms with Crippen LogP contribution in [0, 0.1) is 12.8 Å². The van der Waals surface area contributed by atoms with Gasteiger partial charge in [0.05, 0.1) is 16.4 Å². The average molecular weight is 233 g/mol. The van der Waals surface area contributed by atoms with Gasteiger partial charge in [-0.05, 0) is 20.3 Å². The van der Waals surface area contributed by atoms with Crippen LogP contribution in [-0.4, -0.2) is 33.2 Å². The van der Waals surface area contributed by atoms with Gasteiger partial charge in [-0.15, -0.1) is 0 Å². The molecule has 4 nitrogen and oxygen atoms in total. The highest BCUT2D eigenvalue weighted by Gasteiger charge is 2.16. The minimum Gasteiger partial charge on any atom is -0.396 e. The van der Waals surface area contributed by atoms with Crippen LogP contribution in [-0.2, 0) is 13.0 Å². The van der Waals surface area contributed by atoms with E-state index in [0.29, 0.717) is 11.4 Å². The van der Waals surface area contributed by atoms with Crippen molar-refractivity contribution in [3.8, 4) is 0 Å². The van der Waals surface area contributed by atoms with Crippen LogP contribution in [0.4, 0.5) is 0 Å². The summed E-state index contributed by atoms with van der Waals surface area (Å²) in [5.41, 5.74) is 1.69. The number of nitrogens with zero attached hydrogens (tertiary/aromatic N) is 2. The predicted octanol–water partition coefficient (Wildman–Crippen LogP) is 1.01. The molecular formula is C10H17ClN2O2. The molecule has 1 aromatic heterocycles. The van der Waals surface area contributed by atoms with Crippen molar-refractivity contribution in [3.05, 3.63) is 16.4 Å². The van der Waals surface area contributed by atoms with Gasteiger partial charge in [-0.25, -0.2) is 0 Å². The van der Waals surface area contributed by atoms with Gasteiger partial charge in [0, 0.05) is 25.7 Å². The number of aromatic nitrogens is 2. The van der Waals surface area contributed by atoms with Crippen LogP contribution in [0.2, 0.25) is 5.02 Å². The molecule has 1 heterocycles. The lowest BCUT2D eigenvalue weighted by Crippen LogP contribution is -2.17. The van der Waals surface area contributed by atoms with Gasteiger partial charge in [0.25, 0.3) is 0 Å². The van der Waals surface area contributed by atoms with Gasteiger partial charge in [-0.1, -0.05) is 11.6 Å². The molecule has 0 bridgehead atoms. The summed E-state index contributed by atoms with van der Waals surface area (Å²) in [4.78, 5) is 0. The van der Waals surface area contributed by atoms with E-state index in [1.807, 2.05) is 18.5 Å². The Labute approximate surface area is 94.5 Å². The Balaban J connectivity index is 2.91. The average Bonchev–Trinajstić information content (AvgIpc) is 2.52. The fourth-order valence-electron chi connectivity index (χ4n) is 1.52. The van der Waals surface area contributed by atoms with Crippen LogP contribution in [0.15, 0.2) is 0 Å². The second-order valence-electron chi connectivity index (χ2n) is 3.60. The Hall–Kier alpha value is -0.580. The van der Waals surface area contributed by atoms with Crippen molar-refractivity contribution in [2.75, 3.05) is 13.2 Å². The molecule has 0 aliphatic heterocycles. The zero-order valence-corrected chi connectivity index (χ0v) is 9.83. The predicted molar refractivity (Wildman–Crippen MR) is 59.0 cm³/mol. The van der Waals surface area contributed by atoms with Crippen LogP contribution in [0.25, 0.3) is 0 Å². The lowest BCUT2D eigenvalue weighted by molar-refractivity contribution is 0.148. The largest absolute Gasteiger partial charge is 0.396 e. The van der Waals surface area contributed by atoms with E-state index >= 15 is 0 Å². The number of rotatable bonds is 5. The van der Waals surface area contributed by atoms with E-state index in [1.165, 1.54) is 0 Å². The van der Waals surface area contributed by atoms with E-state index in [2.05, 4.69) is 5.10 Å². The normalized spacial score (nSPS) is 11.3.